The number of hydrogen-bond donors (Lipinski definition) is 6. The van der Waals surface area contributed by atoms with Gasteiger partial charge in [-0.15, -0.1) is 0 Å². The summed E-state index contributed by atoms with van der Waals surface area (Å²) in [7, 11) is 0. The Bertz CT molecular complexity index is 1060. The lowest BCUT2D eigenvalue weighted by Gasteiger charge is -2.28. The van der Waals surface area contributed by atoms with Gasteiger partial charge in [0.05, 0.1) is 6.10 Å². The summed E-state index contributed by atoms with van der Waals surface area (Å²) in [6.45, 7) is 4.99. The van der Waals surface area contributed by atoms with E-state index in [0.29, 0.717) is 6.42 Å². The second kappa shape index (κ2) is 14.8. The van der Waals surface area contributed by atoms with E-state index < -0.39 is 54.0 Å². The van der Waals surface area contributed by atoms with Gasteiger partial charge in [0.2, 0.25) is 17.7 Å². The summed E-state index contributed by atoms with van der Waals surface area (Å²) >= 11 is 0. The molecule has 0 saturated carbocycles. The minimum Gasteiger partial charge on any atom is -0.480 e. The summed E-state index contributed by atoms with van der Waals surface area (Å²) in [5.74, 6) is -3.50. The molecule has 38 heavy (non-hydrogen) atoms. The Hall–Kier alpha value is -3.76. The number of amides is 3. The number of nitrogens with two attached hydrogens (primary N) is 1. The number of carbonyl (C=O) groups excluding carboxylic acids is 3. The van der Waals surface area contributed by atoms with Crippen molar-refractivity contribution in [2.75, 3.05) is 0 Å². The number of aliphatic hydroxyl groups excluding tert-OH is 1. The normalized spacial score (nSPS) is 15.7. The van der Waals surface area contributed by atoms with Crippen molar-refractivity contribution in [3.8, 4) is 0 Å². The van der Waals surface area contributed by atoms with E-state index in [1.54, 1.807) is 55.5 Å². The maximum Gasteiger partial charge on any atom is 0.326 e. The molecule has 2 aromatic rings. The van der Waals surface area contributed by atoms with E-state index in [-0.39, 0.29) is 18.8 Å². The quantitative estimate of drug-likeness (QED) is 0.211. The molecule has 10 nitrogen and oxygen atoms in total. The number of rotatable bonds is 14. The van der Waals surface area contributed by atoms with Crippen LogP contribution in [0.5, 0.6) is 0 Å². The molecule has 0 aliphatic carbocycles. The van der Waals surface area contributed by atoms with E-state index >= 15 is 0 Å². The molecule has 2 rings (SSSR count). The van der Waals surface area contributed by atoms with Crippen LogP contribution in [-0.2, 0) is 32.0 Å². The van der Waals surface area contributed by atoms with Gasteiger partial charge in [0, 0.05) is 12.8 Å². The van der Waals surface area contributed by atoms with E-state index in [4.69, 9.17) is 5.73 Å². The molecule has 206 valence electrons. The van der Waals surface area contributed by atoms with Crippen LogP contribution in [-0.4, -0.2) is 64.2 Å². The first-order valence-corrected chi connectivity index (χ1v) is 12.7. The zero-order valence-corrected chi connectivity index (χ0v) is 22.0. The molecule has 0 bridgehead atoms. The van der Waals surface area contributed by atoms with Crippen LogP contribution >= 0.6 is 0 Å². The fourth-order valence-corrected chi connectivity index (χ4v) is 3.81. The fourth-order valence-electron chi connectivity index (χ4n) is 3.81. The number of aliphatic carboxylic acids is 1. The Balaban J connectivity index is 2.27. The Morgan fingerprint density at radius 3 is 1.68 bits per heavy atom. The van der Waals surface area contributed by atoms with Gasteiger partial charge >= 0.3 is 5.97 Å². The summed E-state index contributed by atoms with van der Waals surface area (Å²) in [6.07, 6.45) is -0.415. The first-order chi connectivity index (χ1) is 18.0. The molecule has 0 aliphatic rings. The molecule has 10 heteroatoms. The highest BCUT2D eigenvalue weighted by molar-refractivity contribution is 5.94. The number of carboxylic acids is 1. The third kappa shape index (κ3) is 9.28. The van der Waals surface area contributed by atoms with Gasteiger partial charge in [-0.2, -0.15) is 0 Å². The summed E-state index contributed by atoms with van der Waals surface area (Å²) in [5, 5.41) is 27.3. The van der Waals surface area contributed by atoms with Crippen molar-refractivity contribution < 1.29 is 29.4 Å². The van der Waals surface area contributed by atoms with Gasteiger partial charge in [-0.1, -0.05) is 80.9 Å². The number of aliphatic hydroxyl groups is 1. The molecule has 0 saturated heterocycles. The third-order valence-electron chi connectivity index (χ3n) is 6.43. The van der Waals surface area contributed by atoms with Crippen LogP contribution in [0.15, 0.2) is 60.7 Å². The van der Waals surface area contributed by atoms with Gasteiger partial charge in [0.25, 0.3) is 0 Å². The monoisotopic (exact) mass is 526 g/mol. The van der Waals surface area contributed by atoms with Crippen molar-refractivity contribution in [3.05, 3.63) is 71.8 Å². The van der Waals surface area contributed by atoms with E-state index in [9.17, 15) is 29.4 Å². The number of carbonyl (C=O) groups is 4. The summed E-state index contributed by atoms with van der Waals surface area (Å²) < 4.78 is 0. The van der Waals surface area contributed by atoms with Gasteiger partial charge in [0.15, 0.2) is 0 Å². The topological polar surface area (TPSA) is 171 Å². The average molecular weight is 527 g/mol. The number of carboxylic acid groups (broad SMARTS) is 1. The maximum absolute atomic E-state index is 13.4. The predicted molar refractivity (Wildman–Crippen MR) is 143 cm³/mol. The number of benzene rings is 2. The molecule has 3 amide bonds. The lowest BCUT2D eigenvalue weighted by Crippen LogP contribution is -2.60. The lowest BCUT2D eigenvalue weighted by atomic mass is 9.96. The van der Waals surface area contributed by atoms with Crippen LogP contribution in [0.1, 0.15) is 38.3 Å². The first kappa shape index (κ1) is 30.5. The minimum atomic E-state index is -1.23. The van der Waals surface area contributed by atoms with E-state index in [2.05, 4.69) is 16.0 Å². The van der Waals surface area contributed by atoms with Crippen LogP contribution in [0.3, 0.4) is 0 Å². The predicted octanol–water partition coefficient (Wildman–Crippen LogP) is 0.765. The van der Waals surface area contributed by atoms with E-state index in [0.717, 1.165) is 11.1 Å². The first-order valence-electron chi connectivity index (χ1n) is 12.7. The second-order valence-electron chi connectivity index (χ2n) is 9.48. The van der Waals surface area contributed by atoms with Gasteiger partial charge < -0.3 is 31.9 Å². The standard InChI is InChI=1S/C28H38N4O6/c1-4-17(2)24(32-26(35)23(29)18(3)33)27(36)30-21(15-19-11-7-5-8-12-19)25(34)31-22(28(37)38)16-20-13-9-6-10-14-20/h5-14,17-18,21-24,33H,4,15-16,29H2,1-3H3,(H,30,36)(H,31,34)(H,32,35)(H,37,38). The highest BCUT2D eigenvalue weighted by Gasteiger charge is 2.33. The SMILES string of the molecule is CCC(C)C(NC(=O)C(N)C(C)O)C(=O)NC(Cc1ccccc1)C(=O)NC(Cc1ccccc1)C(=O)O. The summed E-state index contributed by atoms with van der Waals surface area (Å²) in [6, 6.07) is 13.3. The van der Waals surface area contributed by atoms with Gasteiger partial charge in [-0.25, -0.2) is 4.79 Å². The average Bonchev–Trinajstić information content (AvgIpc) is 2.90. The molecule has 0 radical (unpaired) electrons. The molecular formula is C28H38N4O6. The molecule has 2 aromatic carbocycles. The van der Waals surface area contributed by atoms with Crippen molar-refractivity contribution in [2.45, 2.75) is 70.3 Å². The van der Waals surface area contributed by atoms with Crippen LogP contribution in [0.2, 0.25) is 0 Å². The highest BCUT2D eigenvalue weighted by Crippen LogP contribution is 2.11. The maximum atomic E-state index is 13.4. The van der Waals surface area contributed by atoms with Gasteiger partial charge in [-0.05, 0) is 24.0 Å². The van der Waals surface area contributed by atoms with Gasteiger partial charge in [-0.3, -0.25) is 14.4 Å². The third-order valence-corrected chi connectivity index (χ3v) is 6.43. The fraction of sp³-hybridized carbons (Fsp3) is 0.429. The van der Waals surface area contributed by atoms with Crippen LogP contribution in [0.4, 0.5) is 0 Å². The molecule has 6 unspecified atom stereocenters. The summed E-state index contributed by atoms with van der Waals surface area (Å²) in [4.78, 5) is 51.1. The van der Waals surface area contributed by atoms with Crippen LogP contribution < -0.4 is 21.7 Å². The van der Waals surface area contributed by atoms with Crippen LogP contribution in [0, 0.1) is 5.92 Å². The van der Waals surface area contributed by atoms with Crippen molar-refractivity contribution in [1.29, 1.82) is 0 Å². The minimum absolute atomic E-state index is 0.0662. The largest absolute Gasteiger partial charge is 0.480 e. The molecule has 0 aromatic heterocycles. The Kier molecular flexibility index (Phi) is 11.9. The number of hydrogen-bond acceptors (Lipinski definition) is 6. The Morgan fingerprint density at radius 1 is 0.763 bits per heavy atom. The van der Waals surface area contributed by atoms with Crippen molar-refractivity contribution in [1.82, 2.24) is 16.0 Å². The Morgan fingerprint density at radius 2 is 1.24 bits per heavy atom. The van der Waals surface area contributed by atoms with Crippen molar-refractivity contribution in [3.63, 3.8) is 0 Å². The van der Waals surface area contributed by atoms with E-state index in [1.807, 2.05) is 19.1 Å². The smallest absolute Gasteiger partial charge is 0.326 e. The zero-order valence-electron chi connectivity index (χ0n) is 22.0. The Labute approximate surface area is 223 Å². The number of nitrogens with one attached hydrogen (secondary N) is 3. The molecule has 6 atom stereocenters. The van der Waals surface area contributed by atoms with Crippen molar-refractivity contribution >= 4 is 23.7 Å². The molecule has 7 N–H and O–H groups in total. The van der Waals surface area contributed by atoms with Crippen LogP contribution in [0.25, 0.3) is 0 Å². The highest BCUT2D eigenvalue weighted by atomic mass is 16.4. The van der Waals surface area contributed by atoms with E-state index in [1.165, 1.54) is 6.92 Å². The molecule has 0 heterocycles. The van der Waals surface area contributed by atoms with Crippen molar-refractivity contribution in [2.24, 2.45) is 11.7 Å². The molecule has 0 aliphatic heterocycles. The second-order valence-corrected chi connectivity index (χ2v) is 9.48. The lowest BCUT2D eigenvalue weighted by molar-refractivity contribution is -0.142. The summed E-state index contributed by atoms with van der Waals surface area (Å²) in [5.41, 5.74) is 7.22. The molecule has 0 fully saturated rings. The molecule has 0 spiro atoms. The zero-order chi connectivity index (χ0) is 28.2. The van der Waals surface area contributed by atoms with Gasteiger partial charge in [0.1, 0.15) is 24.2 Å². The molecular weight excluding hydrogens is 488 g/mol.